The second-order valence-corrected chi connectivity index (χ2v) is 7.01. The van der Waals surface area contributed by atoms with Crippen LogP contribution in [0.15, 0.2) is 50.7 Å². The number of allylic oxidation sites excluding steroid dienone is 3. The average molecular weight is 424 g/mol. The van der Waals surface area contributed by atoms with Crippen molar-refractivity contribution < 1.29 is 9.15 Å². The Morgan fingerprint density at radius 1 is 1.17 bits per heavy atom. The third-order valence-electron chi connectivity index (χ3n) is 3.33. The zero-order chi connectivity index (χ0) is 17.0. The summed E-state index contributed by atoms with van der Waals surface area (Å²) < 4.78 is 12.2. The first-order chi connectivity index (χ1) is 10.9. The maximum absolute atomic E-state index is 11.5. The lowest BCUT2D eigenvalue weighted by Gasteiger charge is -2.13. The fourth-order valence-electron chi connectivity index (χ4n) is 2.12. The third-order valence-corrected chi connectivity index (χ3v) is 4.31. The molecule has 3 nitrogen and oxygen atoms in total. The van der Waals surface area contributed by atoms with Crippen molar-refractivity contribution in [3.8, 4) is 5.75 Å². The quantitative estimate of drug-likeness (QED) is 0.374. The molecule has 0 amide bonds. The van der Waals surface area contributed by atoms with E-state index in [1.165, 1.54) is 17.2 Å². The van der Waals surface area contributed by atoms with Gasteiger partial charge in [-0.05, 0) is 80.5 Å². The Balaban J connectivity index is 2.55. The highest BCUT2D eigenvalue weighted by Crippen LogP contribution is 2.33. The van der Waals surface area contributed by atoms with E-state index >= 15 is 0 Å². The molecule has 4 heteroatoms. The Labute approximate surface area is 150 Å². The Morgan fingerprint density at radius 3 is 2.52 bits per heavy atom. The van der Waals surface area contributed by atoms with Gasteiger partial charge in [0, 0.05) is 11.5 Å². The van der Waals surface area contributed by atoms with Gasteiger partial charge < -0.3 is 9.15 Å². The van der Waals surface area contributed by atoms with Gasteiger partial charge in [0.15, 0.2) is 5.58 Å². The van der Waals surface area contributed by atoms with Crippen LogP contribution in [0.25, 0.3) is 11.0 Å². The molecule has 2 rings (SSSR count). The maximum Gasteiger partial charge on any atom is 0.336 e. The highest BCUT2D eigenvalue weighted by Gasteiger charge is 2.14. The molecule has 2 aromatic rings. The maximum atomic E-state index is 11.5. The molecule has 0 unspecified atom stereocenters. The molecule has 0 saturated heterocycles. The van der Waals surface area contributed by atoms with Crippen molar-refractivity contribution in [2.24, 2.45) is 0 Å². The van der Waals surface area contributed by atoms with Crippen molar-refractivity contribution in [3.05, 3.63) is 61.1 Å². The molecule has 0 spiro atoms. The lowest BCUT2D eigenvalue weighted by Crippen LogP contribution is -2.03. The summed E-state index contributed by atoms with van der Waals surface area (Å²) in [6.07, 6.45) is 4.99. The van der Waals surface area contributed by atoms with Crippen LogP contribution in [0.1, 0.15) is 33.3 Å². The predicted octanol–water partition coefficient (Wildman–Crippen LogP) is 5.25. The molecular weight excluding hydrogens is 403 g/mol. The number of hydrogen-bond acceptors (Lipinski definition) is 3. The Morgan fingerprint density at radius 2 is 1.87 bits per heavy atom. The molecule has 0 radical (unpaired) electrons. The van der Waals surface area contributed by atoms with Crippen molar-refractivity contribution in [1.29, 1.82) is 0 Å². The van der Waals surface area contributed by atoms with Crippen LogP contribution in [0.4, 0.5) is 0 Å². The summed E-state index contributed by atoms with van der Waals surface area (Å²) in [6, 6.07) is 5.29. The average Bonchev–Trinajstić information content (AvgIpc) is 2.48. The number of fused-ring (bicyclic) bond motifs is 1. The van der Waals surface area contributed by atoms with Gasteiger partial charge in [-0.15, -0.1) is 0 Å². The van der Waals surface area contributed by atoms with Crippen LogP contribution >= 0.6 is 22.6 Å². The number of ether oxygens (including phenoxy) is 1. The molecular formula is C19H21IO3. The van der Waals surface area contributed by atoms with E-state index in [1.54, 1.807) is 6.07 Å². The minimum Gasteiger partial charge on any atom is -0.488 e. The monoisotopic (exact) mass is 424 g/mol. The summed E-state index contributed by atoms with van der Waals surface area (Å²) in [6.45, 7) is 8.74. The molecule has 1 heterocycles. The van der Waals surface area contributed by atoms with Crippen molar-refractivity contribution in [3.63, 3.8) is 0 Å². The molecule has 0 N–H and O–H groups in total. The molecule has 0 bridgehead atoms. The largest absolute Gasteiger partial charge is 0.488 e. The van der Waals surface area contributed by atoms with Gasteiger partial charge in [0.05, 0.1) is 3.57 Å². The van der Waals surface area contributed by atoms with Gasteiger partial charge in [-0.2, -0.15) is 0 Å². The van der Waals surface area contributed by atoms with Crippen molar-refractivity contribution in [1.82, 2.24) is 0 Å². The first-order valence-corrected chi connectivity index (χ1v) is 8.61. The van der Waals surface area contributed by atoms with E-state index in [2.05, 4.69) is 42.5 Å². The van der Waals surface area contributed by atoms with Gasteiger partial charge >= 0.3 is 5.63 Å². The van der Waals surface area contributed by atoms with Crippen molar-refractivity contribution in [2.75, 3.05) is 6.61 Å². The molecule has 0 fully saturated rings. The highest BCUT2D eigenvalue weighted by molar-refractivity contribution is 14.1. The molecule has 0 saturated carbocycles. The van der Waals surface area contributed by atoms with Gasteiger partial charge in [-0.1, -0.05) is 17.2 Å². The Hall–Kier alpha value is -1.56. The van der Waals surface area contributed by atoms with E-state index < -0.39 is 0 Å². The van der Waals surface area contributed by atoms with E-state index in [9.17, 15) is 4.79 Å². The number of benzene rings is 1. The van der Waals surface area contributed by atoms with Crippen LogP contribution in [0.3, 0.4) is 0 Å². The number of rotatable bonds is 5. The molecule has 0 atom stereocenters. The fourth-order valence-corrected chi connectivity index (χ4v) is 3.05. The highest BCUT2D eigenvalue weighted by atomic mass is 127. The normalized spacial score (nSPS) is 10.5. The van der Waals surface area contributed by atoms with Gasteiger partial charge in [-0.3, -0.25) is 0 Å². The predicted molar refractivity (Wildman–Crippen MR) is 103 cm³/mol. The van der Waals surface area contributed by atoms with E-state index in [4.69, 9.17) is 9.15 Å². The van der Waals surface area contributed by atoms with E-state index in [1.807, 2.05) is 26.0 Å². The summed E-state index contributed by atoms with van der Waals surface area (Å²) in [5.41, 5.74) is 3.81. The van der Waals surface area contributed by atoms with Gasteiger partial charge in [0.25, 0.3) is 0 Å². The van der Waals surface area contributed by atoms with Crippen LogP contribution in [0, 0.1) is 3.57 Å². The zero-order valence-electron chi connectivity index (χ0n) is 13.9. The lowest BCUT2D eigenvalue weighted by atomic mass is 10.1. The molecule has 122 valence electrons. The molecule has 1 aromatic carbocycles. The first kappa shape index (κ1) is 17.8. The van der Waals surface area contributed by atoms with E-state index in [0.29, 0.717) is 12.2 Å². The van der Waals surface area contributed by atoms with Crippen LogP contribution in [-0.2, 0) is 6.42 Å². The Bertz CT molecular complexity index is 820. The van der Waals surface area contributed by atoms with Crippen molar-refractivity contribution in [2.45, 2.75) is 34.1 Å². The summed E-state index contributed by atoms with van der Waals surface area (Å²) in [7, 11) is 0. The second-order valence-electron chi connectivity index (χ2n) is 5.93. The standard InChI is InChI=1S/C19H21IO3/c1-12(2)5-6-14-11-15-7-8-16(21)23-19(15)17(20)18(14)22-10-9-13(3)4/h5,7-9,11H,6,10H2,1-4H3. The van der Waals surface area contributed by atoms with Crippen LogP contribution in [-0.4, -0.2) is 6.61 Å². The topological polar surface area (TPSA) is 39.4 Å². The van der Waals surface area contributed by atoms with Crippen LogP contribution < -0.4 is 10.4 Å². The molecule has 23 heavy (non-hydrogen) atoms. The fraction of sp³-hybridized carbons (Fsp3) is 0.316. The van der Waals surface area contributed by atoms with Crippen LogP contribution in [0.2, 0.25) is 0 Å². The minimum atomic E-state index is -0.345. The lowest BCUT2D eigenvalue weighted by molar-refractivity contribution is 0.355. The number of halogens is 1. The Kier molecular flexibility index (Phi) is 6.04. The van der Waals surface area contributed by atoms with Crippen molar-refractivity contribution >= 4 is 33.6 Å². The molecule has 1 aromatic heterocycles. The molecule has 0 aliphatic rings. The SMILES string of the molecule is CC(C)=CCOc1c(CC=C(C)C)cc2ccc(=O)oc2c1I. The van der Waals surface area contributed by atoms with E-state index in [-0.39, 0.29) is 5.63 Å². The molecule has 0 aliphatic carbocycles. The minimum absolute atomic E-state index is 0.345. The first-order valence-electron chi connectivity index (χ1n) is 7.53. The number of hydrogen-bond donors (Lipinski definition) is 0. The summed E-state index contributed by atoms with van der Waals surface area (Å²) in [4.78, 5) is 11.5. The third kappa shape index (κ3) is 4.70. The summed E-state index contributed by atoms with van der Waals surface area (Å²) >= 11 is 2.20. The zero-order valence-corrected chi connectivity index (χ0v) is 16.1. The summed E-state index contributed by atoms with van der Waals surface area (Å²) in [5, 5.41) is 0.917. The van der Waals surface area contributed by atoms with Gasteiger partial charge in [0.1, 0.15) is 12.4 Å². The second kappa shape index (κ2) is 7.81. The van der Waals surface area contributed by atoms with Gasteiger partial charge in [0.2, 0.25) is 0 Å². The van der Waals surface area contributed by atoms with Crippen LogP contribution in [0.5, 0.6) is 5.75 Å². The van der Waals surface area contributed by atoms with Gasteiger partial charge in [-0.25, -0.2) is 4.79 Å². The smallest absolute Gasteiger partial charge is 0.336 e. The van der Waals surface area contributed by atoms with E-state index in [0.717, 1.165) is 26.7 Å². The molecule has 0 aliphatic heterocycles. The summed E-state index contributed by atoms with van der Waals surface area (Å²) in [5.74, 6) is 0.794.